The minimum absolute atomic E-state index is 0.00294. The van der Waals surface area contributed by atoms with Crippen molar-refractivity contribution in [1.29, 1.82) is 0 Å². The molecule has 0 radical (unpaired) electrons. The van der Waals surface area contributed by atoms with Crippen molar-refractivity contribution in [2.45, 2.75) is 46.5 Å². The number of rotatable bonds is 4. The van der Waals surface area contributed by atoms with Gasteiger partial charge in [-0.2, -0.15) is 0 Å². The van der Waals surface area contributed by atoms with E-state index in [9.17, 15) is 9.59 Å². The molecule has 0 bridgehead atoms. The van der Waals surface area contributed by atoms with Crippen molar-refractivity contribution in [3.05, 3.63) is 17.0 Å². The summed E-state index contributed by atoms with van der Waals surface area (Å²) in [4.78, 5) is 26.0. The molecular weight excluding hydrogens is 270 g/mol. The average molecular weight is 293 g/mol. The average Bonchev–Trinajstić information content (AvgIpc) is 2.78. The number of hydrogen-bond donors (Lipinski definition) is 1. The summed E-state index contributed by atoms with van der Waals surface area (Å²) in [6.07, 6.45) is 2.50. The first-order chi connectivity index (χ1) is 9.89. The zero-order valence-corrected chi connectivity index (χ0v) is 12.9. The Morgan fingerprint density at radius 2 is 2.14 bits per heavy atom. The first-order valence-electron chi connectivity index (χ1n) is 7.39. The van der Waals surface area contributed by atoms with E-state index < -0.39 is 5.41 Å². The predicted octanol–water partition coefficient (Wildman–Crippen LogP) is 1.34. The Kier molecular flexibility index (Phi) is 4.34. The zero-order valence-electron chi connectivity index (χ0n) is 12.9. The quantitative estimate of drug-likeness (QED) is 0.907. The molecule has 1 aromatic rings. The Labute approximate surface area is 124 Å². The number of carbonyl (C=O) groups excluding carboxylic acids is 2. The van der Waals surface area contributed by atoms with Crippen LogP contribution in [0.3, 0.4) is 0 Å². The molecule has 6 heteroatoms. The van der Waals surface area contributed by atoms with Crippen molar-refractivity contribution in [2.24, 2.45) is 11.1 Å². The summed E-state index contributed by atoms with van der Waals surface area (Å²) in [6.45, 7) is 6.68. The summed E-state index contributed by atoms with van der Waals surface area (Å²) in [7, 11) is 0. The fourth-order valence-electron chi connectivity index (χ4n) is 3.03. The van der Waals surface area contributed by atoms with E-state index in [-0.39, 0.29) is 18.2 Å². The maximum atomic E-state index is 12.5. The van der Waals surface area contributed by atoms with Crippen molar-refractivity contribution in [3.8, 4) is 0 Å². The van der Waals surface area contributed by atoms with Crippen LogP contribution in [0.4, 0.5) is 0 Å². The SMILES string of the molecule is CCC1(C(N)=O)CCCN(C(=O)Cc2c(C)noc2C)C1. The largest absolute Gasteiger partial charge is 0.369 e. The van der Waals surface area contributed by atoms with Crippen LogP contribution in [0.2, 0.25) is 0 Å². The van der Waals surface area contributed by atoms with Gasteiger partial charge in [0.2, 0.25) is 11.8 Å². The normalized spacial score (nSPS) is 22.3. The van der Waals surface area contributed by atoms with Crippen LogP contribution in [-0.4, -0.2) is 35.0 Å². The molecular formula is C15H23N3O3. The first-order valence-corrected chi connectivity index (χ1v) is 7.39. The Balaban J connectivity index is 2.11. The molecule has 2 rings (SSSR count). The molecule has 0 saturated carbocycles. The third kappa shape index (κ3) is 2.94. The van der Waals surface area contributed by atoms with Crippen molar-refractivity contribution in [2.75, 3.05) is 13.1 Å². The Bertz CT molecular complexity index is 533. The van der Waals surface area contributed by atoms with Gasteiger partial charge in [0.1, 0.15) is 5.76 Å². The second-order valence-electron chi connectivity index (χ2n) is 5.90. The van der Waals surface area contributed by atoms with Gasteiger partial charge in [-0.05, 0) is 33.1 Å². The lowest BCUT2D eigenvalue weighted by atomic mass is 9.77. The highest BCUT2D eigenvalue weighted by Crippen LogP contribution is 2.33. The number of aryl methyl sites for hydroxylation is 2. The van der Waals surface area contributed by atoms with Crippen molar-refractivity contribution in [1.82, 2.24) is 10.1 Å². The van der Waals surface area contributed by atoms with Crippen LogP contribution in [-0.2, 0) is 16.0 Å². The second-order valence-corrected chi connectivity index (χ2v) is 5.90. The number of carbonyl (C=O) groups is 2. The Morgan fingerprint density at radius 3 is 2.67 bits per heavy atom. The lowest BCUT2D eigenvalue weighted by molar-refractivity contribution is -0.139. The van der Waals surface area contributed by atoms with E-state index in [1.807, 2.05) is 13.8 Å². The van der Waals surface area contributed by atoms with E-state index in [4.69, 9.17) is 10.3 Å². The maximum Gasteiger partial charge on any atom is 0.227 e. The molecule has 2 N–H and O–H groups in total. The Morgan fingerprint density at radius 1 is 1.43 bits per heavy atom. The van der Waals surface area contributed by atoms with Crippen LogP contribution in [0.15, 0.2) is 4.52 Å². The summed E-state index contributed by atoms with van der Waals surface area (Å²) in [6, 6.07) is 0. The highest BCUT2D eigenvalue weighted by atomic mass is 16.5. The number of amides is 2. The van der Waals surface area contributed by atoms with Gasteiger partial charge in [0.05, 0.1) is 17.5 Å². The molecule has 0 aromatic carbocycles. The molecule has 1 fully saturated rings. The summed E-state index contributed by atoms with van der Waals surface area (Å²) >= 11 is 0. The molecule has 6 nitrogen and oxygen atoms in total. The molecule has 1 aliphatic rings. The van der Waals surface area contributed by atoms with Gasteiger partial charge < -0.3 is 15.2 Å². The van der Waals surface area contributed by atoms with Crippen molar-refractivity contribution >= 4 is 11.8 Å². The number of hydrogen-bond acceptors (Lipinski definition) is 4. The lowest BCUT2D eigenvalue weighted by Gasteiger charge is -2.40. The third-order valence-corrected chi connectivity index (χ3v) is 4.64. The van der Waals surface area contributed by atoms with Gasteiger partial charge in [0.15, 0.2) is 0 Å². The van der Waals surface area contributed by atoms with E-state index in [2.05, 4.69) is 5.16 Å². The van der Waals surface area contributed by atoms with E-state index in [1.165, 1.54) is 0 Å². The van der Waals surface area contributed by atoms with Crippen LogP contribution in [0, 0.1) is 19.3 Å². The van der Waals surface area contributed by atoms with Gasteiger partial charge >= 0.3 is 0 Å². The highest BCUT2D eigenvalue weighted by Gasteiger charge is 2.40. The van der Waals surface area contributed by atoms with E-state index >= 15 is 0 Å². The van der Waals surface area contributed by atoms with Crippen LogP contribution < -0.4 is 5.73 Å². The molecule has 1 saturated heterocycles. The summed E-state index contributed by atoms with van der Waals surface area (Å²) in [5.74, 6) is 0.373. The monoisotopic (exact) mass is 293 g/mol. The summed E-state index contributed by atoms with van der Waals surface area (Å²) in [5.41, 5.74) is 6.57. The smallest absolute Gasteiger partial charge is 0.227 e. The van der Waals surface area contributed by atoms with Crippen LogP contribution in [0.5, 0.6) is 0 Å². The number of nitrogens with zero attached hydrogens (tertiary/aromatic N) is 2. The summed E-state index contributed by atoms with van der Waals surface area (Å²) < 4.78 is 5.09. The lowest BCUT2D eigenvalue weighted by Crippen LogP contribution is -2.52. The summed E-state index contributed by atoms with van der Waals surface area (Å²) in [5, 5.41) is 3.87. The molecule has 0 spiro atoms. The fourth-order valence-corrected chi connectivity index (χ4v) is 3.03. The number of aromatic nitrogens is 1. The van der Waals surface area contributed by atoms with Gasteiger partial charge in [-0.1, -0.05) is 12.1 Å². The van der Waals surface area contributed by atoms with Gasteiger partial charge in [-0.3, -0.25) is 9.59 Å². The number of piperidine rings is 1. The molecule has 1 aromatic heterocycles. The topological polar surface area (TPSA) is 89.4 Å². The first kappa shape index (κ1) is 15.5. The molecule has 1 unspecified atom stereocenters. The molecule has 21 heavy (non-hydrogen) atoms. The van der Waals surface area contributed by atoms with Gasteiger partial charge in [-0.25, -0.2) is 0 Å². The minimum Gasteiger partial charge on any atom is -0.369 e. The third-order valence-electron chi connectivity index (χ3n) is 4.64. The van der Waals surface area contributed by atoms with E-state index in [0.717, 1.165) is 24.1 Å². The Hall–Kier alpha value is -1.85. The van der Waals surface area contributed by atoms with E-state index in [0.29, 0.717) is 25.3 Å². The molecule has 2 heterocycles. The number of primary amides is 1. The molecule has 1 atom stereocenters. The number of nitrogens with two attached hydrogens (primary N) is 1. The van der Waals surface area contributed by atoms with Crippen molar-refractivity contribution in [3.63, 3.8) is 0 Å². The highest BCUT2D eigenvalue weighted by molar-refractivity contribution is 5.84. The second kappa shape index (κ2) is 5.87. The van der Waals surface area contributed by atoms with Crippen LogP contribution >= 0.6 is 0 Å². The fraction of sp³-hybridized carbons (Fsp3) is 0.667. The van der Waals surface area contributed by atoms with Crippen molar-refractivity contribution < 1.29 is 14.1 Å². The molecule has 2 amide bonds. The van der Waals surface area contributed by atoms with Crippen LogP contribution in [0.25, 0.3) is 0 Å². The van der Waals surface area contributed by atoms with Crippen LogP contribution in [0.1, 0.15) is 43.2 Å². The zero-order chi connectivity index (χ0) is 15.6. The number of likely N-dealkylation sites (tertiary alicyclic amines) is 1. The predicted molar refractivity (Wildman–Crippen MR) is 77.4 cm³/mol. The van der Waals surface area contributed by atoms with Gasteiger partial charge in [0, 0.05) is 18.7 Å². The van der Waals surface area contributed by atoms with Gasteiger partial charge in [-0.15, -0.1) is 0 Å². The van der Waals surface area contributed by atoms with E-state index in [1.54, 1.807) is 11.8 Å². The van der Waals surface area contributed by atoms with Gasteiger partial charge in [0.25, 0.3) is 0 Å². The standard InChI is InChI=1S/C15H23N3O3/c1-4-15(14(16)20)6-5-7-18(9-15)13(19)8-12-10(2)17-21-11(12)3/h4-9H2,1-3H3,(H2,16,20). The molecule has 116 valence electrons. The minimum atomic E-state index is -0.577. The maximum absolute atomic E-state index is 12.5. The molecule has 0 aliphatic carbocycles. The molecule has 1 aliphatic heterocycles.